The van der Waals surface area contributed by atoms with E-state index in [1.54, 1.807) is 45.1 Å². The minimum atomic E-state index is -0.197. The number of aromatic nitrogens is 2. The van der Waals surface area contributed by atoms with Gasteiger partial charge in [0.15, 0.2) is 28.2 Å². The van der Waals surface area contributed by atoms with Gasteiger partial charge in [0.25, 0.3) is 5.56 Å². The number of rotatable bonds is 9. The maximum absolute atomic E-state index is 13.8. The number of methoxy groups -OCH3 is 5. The van der Waals surface area contributed by atoms with Gasteiger partial charge >= 0.3 is 0 Å². The highest BCUT2D eigenvalue weighted by Crippen LogP contribution is 2.40. The molecule has 36 heavy (non-hydrogen) atoms. The lowest BCUT2D eigenvalue weighted by atomic mass is 10.2. The number of thioether (sulfide) groups is 1. The quantitative estimate of drug-likeness (QED) is 0.230. The third-order valence-corrected chi connectivity index (χ3v) is 6.74. The van der Waals surface area contributed by atoms with E-state index in [-0.39, 0.29) is 5.56 Å². The van der Waals surface area contributed by atoms with E-state index < -0.39 is 0 Å². The predicted molar refractivity (Wildman–Crippen MR) is 141 cm³/mol. The summed E-state index contributed by atoms with van der Waals surface area (Å²) < 4.78 is 28.9. The fourth-order valence-electron chi connectivity index (χ4n) is 3.88. The number of hydrogen-bond donors (Lipinski definition) is 0. The van der Waals surface area contributed by atoms with E-state index in [0.29, 0.717) is 50.6 Å². The van der Waals surface area contributed by atoms with Crippen LogP contribution in [0.2, 0.25) is 0 Å². The molecule has 0 aliphatic heterocycles. The van der Waals surface area contributed by atoms with Crippen molar-refractivity contribution < 1.29 is 23.7 Å². The lowest BCUT2D eigenvalue weighted by Gasteiger charge is -2.16. The number of nitrogens with zero attached hydrogens (tertiary/aromatic N) is 2. The van der Waals surface area contributed by atoms with Crippen molar-refractivity contribution in [3.05, 3.63) is 70.0 Å². The van der Waals surface area contributed by atoms with Crippen LogP contribution in [-0.4, -0.2) is 45.1 Å². The standard InChI is InChI=1S/C27H28N2O6S/c1-16-7-9-18(10-8-16)29-26(30)19-13-21(31-2)22(32-3)14-20(19)28-27(29)36-15-17-11-23(33-4)25(35-6)24(12-17)34-5/h7-14H,15H2,1-6H3. The van der Waals surface area contributed by atoms with Crippen LogP contribution in [-0.2, 0) is 5.75 Å². The Kier molecular flexibility index (Phi) is 7.59. The van der Waals surface area contributed by atoms with E-state index in [1.807, 2.05) is 43.3 Å². The Balaban J connectivity index is 1.85. The van der Waals surface area contributed by atoms with E-state index in [2.05, 4.69) is 0 Å². The van der Waals surface area contributed by atoms with E-state index in [1.165, 1.54) is 18.9 Å². The summed E-state index contributed by atoms with van der Waals surface area (Å²) in [6, 6.07) is 14.9. The molecule has 0 saturated heterocycles. The Morgan fingerprint density at radius 3 is 1.92 bits per heavy atom. The van der Waals surface area contributed by atoms with Gasteiger partial charge in [-0.2, -0.15) is 0 Å². The summed E-state index contributed by atoms with van der Waals surface area (Å²) in [4.78, 5) is 18.6. The van der Waals surface area contributed by atoms with Gasteiger partial charge in [0, 0.05) is 11.8 Å². The van der Waals surface area contributed by atoms with Gasteiger partial charge in [-0.25, -0.2) is 4.98 Å². The van der Waals surface area contributed by atoms with Crippen molar-refractivity contribution >= 4 is 22.7 Å². The van der Waals surface area contributed by atoms with Crippen LogP contribution in [0, 0.1) is 6.92 Å². The van der Waals surface area contributed by atoms with E-state index in [0.717, 1.165) is 16.8 Å². The summed E-state index contributed by atoms with van der Waals surface area (Å²) in [5.74, 6) is 3.13. The molecule has 0 radical (unpaired) electrons. The van der Waals surface area contributed by atoms with Gasteiger partial charge in [-0.15, -0.1) is 0 Å². The molecule has 1 heterocycles. The van der Waals surface area contributed by atoms with Gasteiger partial charge in [0.05, 0.1) is 52.1 Å². The van der Waals surface area contributed by atoms with Crippen molar-refractivity contribution in [1.29, 1.82) is 0 Å². The Morgan fingerprint density at radius 1 is 0.778 bits per heavy atom. The molecule has 4 rings (SSSR count). The van der Waals surface area contributed by atoms with Crippen molar-refractivity contribution in [3.8, 4) is 34.4 Å². The maximum Gasteiger partial charge on any atom is 0.266 e. The smallest absolute Gasteiger partial charge is 0.266 e. The van der Waals surface area contributed by atoms with Crippen molar-refractivity contribution in [2.24, 2.45) is 0 Å². The summed E-state index contributed by atoms with van der Waals surface area (Å²) >= 11 is 1.43. The summed E-state index contributed by atoms with van der Waals surface area (Å²) in [7, 11) is 7.82. The first-order valence-electron chi connectivity index (χ1n) is 11.1. The van der Waals surface area contributed by atoms with Crippen LogP contribution in [0.15, 0.2) is 58.5 Å². The zero-order valence-corrected chi connectivity index (χ0v) is 21.9. The number of benzene rings is 3. The van der Waals surface area contributed by atoms with Crippen LogP contribution >= 0.6 is 11.8 Å². The molecule has 0 N–H and O–H groups in total. The van der Waals surface area contributed by atoms with E-state index in [9.17, 15) is 4.79 Å². The molecule has 0 spiro atoms. The van der Waals surface area contributed by atoms with Crippen LogP contribution in [0.3, 0.4) is 0 Å². The molecule has 4 aromatic rings. The highest BCUT2D eigenvalue weighted by molar-refractivity contribution is 7.98. The Bertz CT molecular complexity index is 1420. The molecule has 0 aliphatic rings. The molecule has 1 aromatic heterocycles. The molecule has 0 unspecified atom stereocenters. The molecule has 188 valence electrons. The molecule has 9 heteroatoms. The molecule has 0 bridgehead atoms. The van der Waals surface area contributed by atoms with Gasteiger partial charge < -0.3 is 23.7 Å². The van der Waals surface area contributed by atoms with Crippen molar-refractivity contribution in [2.75, 3.05) is 35.5 Å². The van der Waals surface area contributed by atoms with Gasteiger partial charge in [-0.3, -0.25) is 9.36 Å². The van der Waals surface area contributed by atoms with E-state index in [4.69, 9.17) is 28.7 Å². The minimum absolute atomic E-state index is 0.197. The minimum Gasteiger partial charge on any atom is -0.493 e. The number of ether oxygens (including phenoxy) is 5. The lowest BCUT2D eigenvalue weighted by Crippen LogP contribution is -2.22. The van der Waals surface area contributed by atoms with Gasteiger partial charge in [0.1, 0.15) is 0 Å². The SMILES string of the molecule is COc1cc2nc(SCc3cc(OC)c(OC)c(OC)c3)n(-c3ccc(C)cc3)c(=O)c2cc1OC. The Morgan fingerprint density at radius 2 is 1.36 bits per heavy atom. The fourth-order valence-corrected chi connectivity index (χ4v) is 4.82. The molecule has 8 nitrogen and oxygen atoms in total. The highest BCUT2D eigenvalue weighted by atomic mass is 32.2. The van der Waals surface area contributed by atoms with E-state index >= 15 is 0 Å². The zero-order chi connectivity index (χ0) is 25.8. The summed E-state index contributed by atoms with van der Waals surface area (Å²) in [5, 5.41) is 0.975. The van der Waals surface area contributed by atoms with Crippen molar-refractivity contribution in [2.45, 2.75) is 17.8 Å². The monoisotopic (exact) mass is 508 g/mol. The Hall–Kier alpha value is -3.85. The zero-order valence-electron chi connectivity index (χ0n) is 21.1. The molecule has 0 aliphatic carbocycles. The molecule has 0 fully saturated rings. The summed E-state index contributed by atoms with van der Waals surface area (Å²) in [6.07, 6.45) is 0. The molecule has 0 saturated carbocycles. The maximum atomic E-state index is 13.8. The van der Waals surface area contributed by atoms with Crippen LogP contribution in [0.5, 0.6) is 28.7 Å². The summed E-state index contributed by atoms with van der Waals surface area (Å²) in [6.45, 7) is 2.00. The van der Waals surface area contributed by atoms with Crippen LogP contribution < -0.4 is 29.2 Å². The second kappa shape index (κ2) is 10.8. The number of aryl methyl sites for hydroxylation is 1. The first kappa shape index (κ1) is 25.2. The first-order valence-corrected chi connectivity index (χ1v) is 12.1. The van der Waals surface area contributed by atoms with Gasteiger partial charge in [-0.05, 0) is 42.8 Å². The second-order valence-electron chi connectivity index (χ2n) is 7.92. The summed E-state index contributed by atoms with van der Waals surface area (Å²) in [5.41, 5.74) is 3.07. The fraction of sp³-hybridized carbons (Fsp3) is 0.259. The normalized spacial score (nSPS) is 10.8. The molecule has 0 atom stereocenters. The molecule has 0 amide bonds. The largest absolute Gasteiger partial charge is 0.493 e. The van der Waals surface area contributed by atoms with Crippen LogP contribution in [0.1, 0.15) is 11.1 Å². The van der Waals surface area contributed by atoms with Crippen molar-refractivity contribution in [3.63, 3.8) is 0 Å². The number of hydrogen-bond acceptors (Lipinski definition) is 8. The first-order chi connectivity index (χ1) is 17.4. The lowest BCUT2D eigenvalue weighted by molar-refractivity contribution is 0.324. The molecule has 3 aromatic carbocycles. The van der Waals surface area contributed by atoms with Crippen molar-refractivity contribution in [1.82, 2.24) is 9.55 Å². The molecular weight excluding hydrogens is 480 g/mol. The third-order valence-electron chi connectivity index (χ3n) is 5.73. The van der Waals surface area contributed by atoms with Gasteiger partial charge in [-0.1, -0.05) is 29.5 Å². The molecular formula is C27H28N2O6S. The predicted octanol–water partition coefficient (Wildman–Crippen LogP) is 5.03. The highest BCUT2D eigenvalue weighted by Gasteiger charge is 2.18. The average Bonchev–Trinajstić information content (AvgIpc) is 2.91. The van der Waals surface area contributed by atoms with Gasteiger partial charge in [0.2, 0.25) is 5.75 Å². The topological polar surface area (TPSA) is 81.0 Å². The average molecular weight is 509 g/mol. The van der Waals surface area contributed by atoms with Crippen LogP contribution in [0.25, 0.3) is 16.6 Å². The van der Waals surface area contributed by atoms with Crippen LogP contribution in [0.4, 0.5) is 0 Å². The second-order valence-corrected chi connectivity index (χ2v) is 8.86. The Labute approximate surface area is 213 Å². The third kappa shape index (κ3) is 4.79. The number of fused-ring (bicyclic) bond motifs is 1.